The van der Waals surface area contributed by atoms with Gasteiger partial charge in [-0.15, -0.1) is 10.2 Å². The molecule has 0 aliphatic heterocycles. The van der Waals surface area contributed by atoms with Crippen LogP contribution in [-0.4, -0.2) is 25.6 Å². The van der Waals surface area contributed by atoms with Gasteiger partial charge >= 0.3 is 0 Å². The monoisotopic (exact) mass is 203 g/mol. The lowest BCUT2D eigenvalue weighted by molar-refractivity contribution is 0.730. The Morgan fingerprint density at radius 2 is 2.33 bits per heavy atom. The number of hydrogen-bond donors (Lipinski definition) is 1. The minimum atomic E-state index is 0.451. The average Bonchev–Trinajstić information content (AvgIpc) is 2.81. The van der Waals surface area contributed by atoms with Crippen LogP contribution in [0.1, 0.15) is 31.7 Å². The lowest BCUT2D eigenvalue weighted by Gasteiger charge is -2.10. The number of hydrogen-bond acceptors (Lipinski definition) is 4. The zero-order valence-electron chi connectivity index (χ0n) is 8.81. The number of rotatable bonds is 3. The summed E-state index contributed by atoms with van der Waals surface area (Å²) < 4.78 is 0. The van der Waals surface area contributed by atoms with Crippen LogP contribution in [0.2, 0.25) is 0 Å². The van der Waals surface area contributed by atoms with Gasteiger partial charge < -0.3 is 0 Å². The van der Waals surface area contributed by atoms with Gasteiger partial charge in [-0.3, -0.25) is 4.98 Å². The summed E-state index contributed by atoms with van der Waals surface area (Å²) in [5.74, 6) is 1.01. The van der Waals surface area contributed by atoms with E-state index in [0.717, 1.165) is 12.1 Å². The van der Waals surface area contributed by atoms with Crippen LogP contribution in [0.25, 0.3) is 11.5 Å². The maximum absolute atomic E-state index is 4.31. The van der Waals surface area contributed by atoms with E-state index in [1.165, 1.54) is 5.56 Å². The molecule has 78 valence electrons. The first-order valence-corrected chi connectivity index (χ1v) is 5.01. The molecule has 1 unspecified atom stereocenters. The fourth-order valence-corrected chi connectivity index (χ4v) is 1.48. The van der Waals surface area contributed by atoms with E-state index in [1.54, 1.807) is 6.20 Å². The van der Waals surface area contributed by atoms with Gasteiger partial charge in [0.1, 0.15) is 5.69 Å². The van der Waals surface area contributed by atoms with Gasteiger partial charge in [0.2, 0.25) is 5.82 Å². The molecule has 2 aromatic heterocycles. The summed E-state index contributed by atoms with van der Waals surface area (Å²) in [6, 6.07) is 4.00. The first-order chi connectivity index (χ1) is 7.33. The van der Waals surface area contributed by atoms with E-state index in [0.29, 0.717) is 11.7 Å². The molecule has 1 N–H and O–H groups in total. The second-order valence-corrected chi connectivity index (χ2v) is 3.49. The normalized spacial score (nSPS) is 12.7. The third-order valence-electron chi connectivity index (χ3n) is 2.54. The Balaban J connectivity index is 2.47. The minimum Gasteiger partial charge on any atom is -0.252 e. The van der Waals surface area contributed by atoms with Crippen LogP contribution in [0.3, 0.4) is 0 Å². The fourth-order valence-electron chi connectivity index (χ4n) is 1.48. The number of tetrazole rings is 1. The number of nitrogens with zero attached hydrogens (tertiary/aromatic N) is 4. The molecule has 5 heteroatoms. The molecule has 0 spiro atoms. The van der Waals surface area contributed by atoms with E-state index in [2.05, 4.69) is 45.5 Å². The van der Waals surface area contributed by atoms with Gasteiger partial charge in [0.25, 0.3) is 0 Å². The van der Waals surface area contributed by atoms with Crippen LogP contribution in [-0.2, 0) is 0 Å². The molecule has 0 amide bonds. The van der Waals surface area contributed by atoms with Gasteiger partial charge in [-0.05, 0) is 29.2 Å². The maximum Gasteiger partial charge on any atom is 0.223 e. The Kier molecular flexibility index (Phi) is 2.71. The van der Waals surface area contributed by atoms with E-state index < -0.39 is 0 Å². The van der Waals surface area contributed by atoms with Crippen molar-refractivity contribution in [2.24, 2.45) is 0 Å². The largest absolute Gasteiger partial charge is 0.252 e. The van der Waals surface area contributed by atoms with Gasteiger partial charge in [0.15, 0.2) is 0 Å². The van der Waals surface area contributed by atoms with Crippen LogP contribution >= 0.6 is 0 Å². The zero-order chi connectivity index (χ0) is 10.7. The molecule has 5 nitrogen and oxygen atoms in total. The highest BCUT2D eigenvalue weighted by atomic mass is 15.5. The van der Waals surface area contributed by atoms with Crippen molar-refractivity contribution >= 4 is 0 Å². The van der Waals surface area contributed by atoms with Crippen molar-refractivity contribution in [3.05, 3.63) is 23.9 Å². The average molecular weight is 203 g/mol. The Morgan fingerprint density at radius 1 is 1.47 bits per heavy atom. The van der Waals surface area contributed by atoms with Crippen LogP contribution < -0.4 is 0 Å². The van der Waals surface area contributed by atoms with Crippen LogP contribution in [0.15, 0.2) is 18.3 Å². The highest BCUT2D eigenvalue weighted by Crippen LogP contribution is 2.25. The lowest BCUT2D eigenvalue weighted by atomic mass is 9.97. The number of aromatic nitrogens is 5. The van der Waals surface area contributed by atoms with E-state index in [1.807, 2.05) is 6.07 Å². The van der Waals surface area contributed by atoms with Crippen molar-refractivity contribution in [1.82, 2.24) is 25.6 Å². The van der Waals surface area contributed by atoms with E-state index >= 15 is 0 Å². The number of H-pyrrole nitrogens is 1. The third kappa shape index (κ3) is 1.86. The van der Waals surface area contributed by atoms with Gasteiger partial charge in [0.05, 0.1) is 0 Å². The molecule has 2 heterocycles. The summed E-state index contributed by atoms with van der Waals surface area (Å²) in [5, 5.41) is 13.9. The molecule has 0 saturated heterocycles. The van der Waals surface area contributed by atoms with Crippen LogP contribution in [0.5, 0.6) is 0 Å². The quantitative estimate of drug-likeness (QED) is 0.825. The molecule has 0 aliphatic rings. The molecule has 2 aromatic rings. The first-order valence-electron chi connectivity index (χ1n) is 5.01. The zero-order valence-corrected chi connectivity index (χ0v) is 8.81. The highest BCUT2D eigenvalue weighted by molar-refractivity contribution is 5.54. The van der Waals surface area contributed by atoms with Gasteiger partial charge in [-0.2, -0.15) is 5.21 Å². The topological polar surface area (TPSA) is 67.3 Å². The SMILES string of the molecule is CCC(C)c1cccnc1-c1nn[nH]n1. The van der Waals surface area contributed by atoms with Crippen molar-refractivity contribution in [3.8, 4) is 11.5 Å². The minimum absolute atomic E-state index is 0.451. The molecular formula is C10H13N5. The Bertz CT molecular complexity index is 423. The van der Waals surface area contributed by atoms with E-state index in [-0.39, 0.29) is 0 Å². The summed E-state index contributed by atoms with van der Waals surface area (Å²) in [4.78, 5) is 4.31. The standard InChI is InChI=1S/C10H13N5/c1-3-7(2)8-5-4-6-11-9(8)10-12-14-15-13-10/h4-7H,3H2,1-2H3,(H,12,13,14,15). The number of pyridine rings is 1. The summed E-state index contributed by atoms with van der Waals surface area (Å²) in [6.07, 6.45) is 2.81. The maximum atomic E-state index is 4.31. The Hall–Kier alpha value is -1.78. The molecule has 15 heavy (non-hydrogen) atoms. The predicted molar refractivity (Wildman–Crippen MR) is 56.1 cm³/mol. The Morgan fingerprint density at radius 3 is 3.00 bits per heavy atom. The van der Waals surface area contributed by atoms with Crippen molar-refractivity contribution in [1.29, 1.82) is 0 Å². The number of aromatic amines is 1. The van der Waals surface area contributed by atoms with Crippen molar-refractivity contribution in [3.63, 3.8) is 0 Å². The fraction of sp³-hybridized carbons (Fsp3) is 0.400. The molecule has 0 fully saturated rings. The van der Waals surface area contributed by atoms with Crippen LogP contribution in [0, 0.1) is 0 Å². The summed E-state index contributed by atoms with van der Waals surface area (Å²) >= 11 is 0. The second kappa shape index (κ2) is 4.16. The molecule has 2 rings (SSSR count). The molecule has 0 aromatic carbocycles. The summed E-state index contributed by atoms with van der Waals surface area (Å²) in [7, 11) is 0. The van der Waals surface area contributed by atoms with E-state index in [4.69, 9.17) is 0 Å². The van der Waals surface area contributed by atoms with Gasteiger partial charge in [-0.25, -0.2) is 0 Å². The molecule has 0 saturated carbocycles. The summed E-state index contributed by atoms with van der Waals surface area (Å²) in [5.41, 5.74) is 1.99. The smallest absolute Gasteiger partial charge is 0.223 e. The molecular weight excluding hydrogens is 190 g/mol. The van der Waals surface area contributed by atoms with Crippen molar-refractivity contribution < 1.29 is 0 Å². The Labute approximate surface area is 87.9 Å². The third-order valence-corrected chi connectivity index (χ3v) is 2.54. The highest BCUT2D eigenvalue weighted by Gasteiger charge is 2.14. The number of nitrogens with one attached hydrogen (secondary N) is 1. The van der Waals surface area contributed by atoms with Crippen molar-refractivity contribution in [2.75, 3.05) is 0 Å². The van der Waals surface area contributed by atoms with E-state index in [9.17, 15) is 0 Å². The second-order valence-electron chi connectivity index (χ2n) is 3.49. The summed E-state index contributed by atoms with van der Waals surface area (Å²) in [6.45, 7) is 4.32. The van der Waals surface area contributed by atoms with Gasteiger partial charge in [-0.1, -0.05) is 19.9 Å². The lowest BCUT2D eigenvalue weighted by Crippen LogP contribution is -1.98. The molecule has 0 bridgehead atoms. The predicted octanol–water partition coefficient (Wildman–Crippen LogP) is 1.78. The molecule has 0 aliphatic carbocycles. The molecule has 0 radical (unpaired) electrons. The van der Waals surface area contributed by atoms with Crippen LogP contribution in [0.4, 0.5) is 0 Å². The van der Waals surface area contributed by atoms with Gasteiger partial charge in [0, 0.05) is 6.20 Å². The first kappa shape index (κ1) is 9.76. The molecule has 1 atom stereocenters. The van der Waals surface area contributed by atoms with Crippen molar-refractivity contribution in [2.45, 2.75) is 26.2 Å².